The highest BCUT2D eigenvalue weighted by Crippen LogP contribution is 2.17. The van der Waals surface area contributed by atoms with Crippen LogP contribution in [0.15, 0.2) is 29.3 Å². The summed E-state index contributed by atoms with van der Waals surface area (Å²) in [5.41, 5.74) is 0.923. The van der Waals surface area contributed by atoms with E-state index in [1.807, 2.05) is 6.92 Å². The average Bonchev–Trinajstić information content (AvgIpc) is 2.49. The van der Waals surface area contributed by atoms with Gasteiger partial charge in [0.15, 0.2) is 5.96 Å². The molecule has 4 nitrogen and oxygen atoms in total. The molecule has 2 N–H and O–H groups in total. The van der Waals surface area contributed by atoms with Crippen LogP contribution in [0.25, 0.3) is 0 Å². The van der Waals surface area contributed by atoms with Crippen molar-refractivity contribution in [3.8, 4) is 0 Å². The zero-order chi connectivity index (χ0) is 15.5. The van der Waals surface area contributed by atoms with E-state index in [1.54, 1.807) is 19.2 Å². The molecule has 1 aromatic carbocycles. The van der Waals surface area contributed by atoms with Gasteiger partial charge in [0.2, 0.25) is 0 Å². The summed E-state index contributed by atoms with van der Waals surface area (Å²) >= 11 is 0. The number of hydrogen-bond acceptors (Lipinski definition) is 2. The van der Waals surface area contributed by atoms with Crippen molar-refractivity contribution >= 4 is 29.9 Å². The number of halogens is 2. The molecule has 0 heterocycles. The normalized spacial score (nSPS) is 12.5. The lowest BCUT2D eigenvalue weighted by molar-refractivity contribution is 0.111. The van der Waals surface area contributed by atoms with Gasteiger partial charge in [0.25, 0.3) is 0 Å². The van der Waals surface area contributed by atoms with Crippen LogP contribution in [0.3, 0.4) is 0 Å². The molecule has 0 saturated heterocycles. The summed E-state index contributed by atoms with van der Waals surface area (Å²) in [6, 6.07) is 6.35. The Morgan fingerprint density at radius 2 is 1.91 bits per heavy atom. The van der Waals surface area contributed by atoms with E-state index in [0.29, 0.717) is 6.54 Å². The smallest absolute Gasteiger partial charge is 0.191 e. The molecule has 0 aliphatic rings. The van der Waals surface area contributed by atoms with Gasteiger partial charge in [0, 0.05) is 20.2 Å². The van der Waals surface area contributed by atoms with Crippen molar-refractivity contribution in [2.24, 2.45) is 4.99 Å². The first-order valence-corrected chi connectivity index (χ1v) is 7.51. The fraction of sp³-hybridized carbons (Fsp3) is 0.562. The highest BCUT2D eigenvalue weighted by molar-refractivity contribution is 14.0. The van der Waals surface area contributed by atoms with Crippen LogP contribution in [0.1, 0.15) is 38.4 Å². The van der Waals surface area contributed by atoms with E-state index < -0.39 is 0 Å². The fourth-order valence-corrected chi connectivity index (χ4v) is 1.89. The topological polar surface area (TPSA) is 45.7 Å². The van der Waals surface area contributed by atoms with Gasteiger partial charge >= 0.3 is 0 Å². The van der Waals surface area contributed by atoms with Crippen LogP contribution in [0, 0.1) is 5.82 Å². The first-order valence-electron chi connectivity index (χ1n) is 7.51. The van der Waals surface area contributed by atoms with Gasteiger partial charge in [-0.1, -0.05) is 25.5 Å². The standard InChI is InChI=1S/C16H26FN3O.HI/c1-4-6-11-19-16(18-5-2)20-12-15(21-3)13-7-9-14(17)10-8-13;/h7-10,15H,4-6,11-12H2,1-3H3,(H2,18,19,20);1H. The molecule has 0 spiro atoms. The van der Waals surface area contributed by atoms with E-state index >= 15 is 0 Å². The highest BCUT2D eigenvalue weighted by atomic mass is 127. The van der Waals surface area contributed by atoms with Crippen molar-refractivity contribution in [3.63, 3.8) is 0 Å². The molecular weight excluding hydrogens is 396 g/mol. The van der Waals surface area contributed by atoms with Crippen molar-refractivity contribution in [2.45, 2.75) is 32.8 Å². The van der Waals surface area contributed by atoms with Gasteiger partial charge < -0.3 is 15.4 Å². The Morgan fingerprint density at radius 1 is 1.23 bits per heavy atom. The molecule has 1 rings (SSSR count). The van der Waals surface area contributed by atoms with Gasteiger partial charge in [0.1, 0.15) is 11.9 Å². The van der Waals surface area contributed by atoms with Crippen molar-refractivity contribution in [1.29, 1.82) is 0 Å². The molecule has 1 aromatic rings. The Bertz CT molecular complexity index is 426. The summed E-state index contributed by atoms with van der Waals surface area (Å²) < 4.78 is 18.4. The van der Waals surface area contributed by atoms with Crippen molar-refractivity contribution < 1.29 is 9.13 Å². The fourth-order valence-electron chi connectivity index (χ4n) is 1.89. The lowest BCUT2D eigenvalue weighted by Gasteiger charge is -2.16. The summed E-state index contributed by atoms with van der Waals surface area (Å²) in [5, 5.41) is 6.49. The summed E-state index contributed by atoms with van der Waals surface area (Å²) in [6.45, 7) is 6.39. The lowest BCUT2D eigenvalue weighted by atomic mass is 10.1. The molecule has 0 aromatic heterocycles. The van der Waals surface area contributed by atoms with Crippen LogP contribution >= 0.6 is 24.0 Å². The van der Waals surface area contributed by atoms with Crippen molar-refractivity contribution in [2.75, 3.05) is 26.7 Å². The van der Waals surface area contributed by atoms with Crippen LogP contribution in [0.2, 0.25) is 0 Å². The van der Waals surface area contributed by atoms with Crippen LogP contribution in [0.4, 0.5) is 4.39 Å². The number of hydrogen-bond donors (Lipinski definition) is 2. The maximum atomic E-state index is 13.0. The monoisotopic (exact) mass is 423 g/mol. The van der Waals surface area contributed by atoms with Gasteiger partial charge in [-0.2, -0.15) is 0 Å². The van der Waals surface area contributed by atoms with Crippen molar-refractivity contribution in [1.82, 2.24) is 10.6 Å². The third kappa shape index (κ3) is 7.93. The molecule has 6 heteroatoms. The number of benzene rings is 1. The van der Waals surface area contributed by atoms with Crippen molar-refractivity contribution in [3.05, 3.63) is 35.6 Å². The summed E-state index contributed by atoms with van der Waals surface area (Å²) in [5.74, 6) is 0.543. The van der Waals surface area contributed by atoms with E-state index in [0.717, 1.165) is 37.5 Å². The number of rotatable bonds is 8. The second-order valence-corrected chi connectivity index (χ2v) is 4.78. The maximum absolute atomic E-state index is 13.0. The number of nitrogens with one attached hydrogen (secondary N) is 2. The summed E-state index contributed by atoms with van der Waals surface area (Å²) in [7, 11) is 1.64. The summed E-state index contributed by atoms with van der Waals surface area (Å²) in [6.07, 6.45) is 2.07. The number of aliphatic imine (C=N–C) groups is 1. The van der Waals surface area contributed by atoms with Gasteiger partial charge in [-0.15, -0.1) is 24.0 Å². The van der Waals surface area contributed by atoms with Crippen LogP contribution in [0.5, 0.6) is 0 Å². The first-order chi connectivity index (χ1) is 10.2. The van der Waals surface area contributed by atoms with E-state index in [1.165, 1.54) is 12.1 Å². The minimum atomic E-state index is -0.244. The van der Waals surface area contributed by atoms with Gasteiger partial charge in [-0.25, -0.2) is 4.39 Å². The number of methoxy groups -OCH3 is 1. The summed E-state index contributed by atoms with van der Waals surface area (Å²) in [4.78, 5) is 4.53. The Kier molecular flexibility index (Phi) is 12.1. The Labute approximate surface area is 149 Å². The minimum Gasteiger partial charge on any atom is -0.375 e. The third-order valence-electron chi connectivity index (χ3n) is 3.11. The predicted octanol–water partition coefficient (Wildman–Crippen LogP) is 3.49. The molecule has 0 aliphatic carbocycles. The Hall–Kier alpha value is -0.890. The van der Waals surface area contributed by atoms with Gasteiger partial charge in [-0.05, 0) is 31.0 Å². The molecule has 22 heavy (non-hydrogen) atoms. The largest absolute Gasteiger partial charge is 0.375 e. The number of unbranched alkanes of at least 4 members (excludes halogenated alkanes) is 1. The Morgan fingerprint density at radius 3 is 2.45 bits per heavy atom. The molecule has 0 amide bonds. The molecule has 0 fully saturated rings. The van der Waals surface area contributed by atoms with E-state index in [9.17, 15) is 4.39 Å². The maximum Gasteiger partial charge on any atom is 0.191 e. The number of nitrogens with zero attached hydrogens (tertiary/aromatic N) is 1. The Balaban J connectivity index is 0.00000441. The van der Waals surface area contributed by atoms with Gasteiger partial charge in [-0.3, -0.25) is 4.99 Å². The molecule has 0 radical (unpaired) electrons. The minimum absolute atomic E-state index is 0. The lowest BCUT2D eigenvalue weighted by Crippen LogP contribution is -2.38. The predicted molar refractivity (Wildman–Crippen MR) is 100 cm³/mol. The molecule has 1 unspecified atom stereocenters. The SMILES string of the molecule is CCCCNC(=NCC(OC)c1ccc(F)cc1)NCC.I. The van der Waals surface area contributed by atoms with Gasteiger partial charge in [0.05, 0.1) is 6.54 Å². The molecule has 0 saturated carbocycles. The van der Waals surface area contributed by atoms with Crippen LogP contribution < -0.4 is 10.6 Å². The van der Waals surface area contributed by atoms with Crippen LogP contribution in [-0.2, 0) is 4.74 Å². The zero-order valence-corrected chi connectivity index (χ0v) is 15.9. The first kappa shape index (κ1) is 21.1. The van der Waals surface area contributed by atoms with E-state index in [4.69, 9.17) is 4.74 Å². The molecule has 0 bridgehead atoms. The number of ether oxygens (including phenoxy) is 1. The second kappa shape index (κ2) is 12.6. The quantitative estimate of drug-likeness (QED) is 0.291. The van der Waals surface area contributed by atoms with Crippen LogP contribution in [-0.4, -0.2) is 32.7 Å². The number of guanidine groups is 1. The average molecular weight is 423 g/mol. The molecular formula is C16H27FIN3O. The molecule has 0 aliphatic heterocycles. The second-order valence-electron chi connectivity index (χ2n) is 4.78. The molecule has 1 atom stereocenters. The molecule has 126 valence electrons. The van der Waals surface area contributed by atoms with E-state index in [2.05, 4.69) is 22.5 Å². The zero-order valence-electron chi connectivity index (χ0n) is 13.6. The van der Waals surface area contributed by atoms with E-state index in [-0.39, 0.29) is 35.9 Å². The third-order valence-corrected chi connectivity index (χ3v) is 3.11. The highest BCUT2D eigenvalue weighted by Gasteiger charge is 2.10.